The van der Waals surface area contributed by atoms with E-state index in [4.69, 9.17) is 16.3 Å². The van der Waals surface area contributed by atoms with Crippen LogP contribution in [0.2, 0.25) is 5.15 Å². The maximum atomic E-state index is 6.22. The number of nitrogens with one attached hydrogen (secondary N) is 1. The van der Waals surface area contributed by atoms with Crippen molar-refractivity contribution in [3.63, 3.8) is 0 Å². The zero-order valence-corrected chi connectivity index (χ0v) is 13.1. The van der Waals surface area contributed by atoms with Crippen LogP contribution in [0.1, 0.15) is 36.1 Å². The van der Waals surface area contributed by atoms with E-state index in [0.717, 1.165) is 36.4 Å². The van der Waals surface area contributed by atoms with Gasteiger partial charge in [0, 0.05) is 12.6 Å². The van der Waals surface area contributed by atoms with E-state index < -0.39 is 0 Å². The van der Waals surface area contributed by atoms with Crippen molar-refractivity contribution in [3.05, 3.63) is 52.3 Å². The van der Waals surface area contributed by atoms with Gasteiger partial charge in [-0.2, -0.15) is 0 Å². The van der Waals surface area contributed by atoms with Gasteiger partial charge in [0.2, 0.25) is 0 Å². The van der Waals surface area contributed by atoms with Crippen molar-refractivity contribution in [2.75, 3.05) is 11.9 Å². The number of nitrogens with zero attached hydrogens (tertiary/aromatic N) is 1. The summed E-state index contributed by atoms with van der Waals surface area (Å²) in [7, 11) is 0. The monoisotopic (exact) mass is 302 g/mol. The highest BCUT2D eigenvalue weighted by Gasteiger charge is 2.17. The maximum Gasteiger partial charge on any atom is 0.152 e. The lowest BCUT2D eigenvalue weighted by atomic mass is 10.00. The van der Waals surface area contributed by atoms with Gasteiger partial charge < -0.3 is 10.1 Å². The number of fused-ring (bicyclic) bond motifs is 1. The number of anilines is 1. The molecule has 0 fully saturated rings. The Kier molecular flexibility index (Phi) is 4.02. The Labute approximate surface area is 130 Å². The summed E-state index contributed by atoms with van der Waals surface area (Å²) in [4.78, 5) is 4.16. The Balaban J connectivity index is 1.89. The smallest absolute Gasteiger partial charge is 0.152 e. The second-order valence-corrected chi connectivity index (χ2v) is 5.72. The number of aryl methyl sites for hydroxylation is 1. The van der Waals surface area contributed by atoms with Gasteiger partial charge in [0.15, 0.2) is 5.15 Å². The molecule has 0 bridgehead atoms. The van der Waals surface area contributed by atoms with Crippen molar-refractivity contribution in [1.29, 1.82) is 0 Å². The van der Waals surface area contributed by atoms with E-state index in [9.17, 15) is 0 Å². The Bertz CT molecular complexity index is 637. The van der Waals surface area contributed by atoms with Crippen LogP contribution in [0.15, 0.2) is 30.5 Å². The van der Waals surface area contributed by atoms with E-state index in [1.807, 2.05) is 13.0 Å². The van der Waals surface area contributed by atoms with Gasteiger partial charge in [0.25, 0.3) is 0 Å². The van der Waals surface area contributed by atoms with Crippen LogP contribution in [0.5, 0.6) is 5.75 Å². The molecule has 0 saturated carbocycles. The Morgan fingerprint density at radius 3 is 3.00 bits per heavy atom. The van der Waals surface area contributed by atoms with Crippen molar-refractivity contribution in [1.82, 2.24) is 4.98 Å². The van der Waals surface area contributed by atoms with E-state index in [-0.39, 0.29) is 6.04 Å². The Morgan fingerprint density at radius 1 is 1.38 bits per heavy atom. The molecule has 21 heavy (non-hydrogen) atoms. The molecule has 1 aliphatic rings. The first kappa shape index (κ1) is 14.2. The zero-order chi connectivity index (χ0) is 14.8. The van der Waals surface area contributed by atoms with Crippen LogP contribution in [0.4, 0.5) is 5.69 Å². The number of benzene rings is 1. The molecule has 1 unspecified atom stereocenters. The topological polar surface area (TPSA) is 34.2 Å². The summed E-state index contributed by atoms with van der Waals surface area (Å²) in [6, 6.07) is 8.63. The normalized spacial score (nSPS) is 14.4. The summed E-state index contributed by atoms with van der Waals surface area (Å²) < 4.78 is 5.57. The van der Waals surface area contributed by atoms with Gasteiger partial charge in [-0.05, 0) is 48.2 Å². The predicted octanol–water partition coefficient (Wildman–Crippen LogP) is 4.54. The van der Waals surface area contributed by atoms with Crippen LogP contribution in [0, 0.1) is 6.92 Å². The minimum atomic E-state index is 0.219. The van der Waals surface area contributed by atoms with Crippen LogP contribution >= 0.6 is 11.6 Å². The van der Waals surface area contributed by atoms with Crippen LogP contribution in [0.25, 0.3) is 0 Å². The van der Waals surface area contributed by atoms with Crippen LogP contribution < -0.4 is 10.1 Å². The van der Waals surface area contributed by atoms with Crippen LogP contribution in [0.3, 0.4) is 0 Å². The zero-order valence-electron chi connectivity index (χ0n) is 12.3. The highest BCUT2D eigenvalue weighted by Crippen LogP contribution is 2.32. The molecule has 4 heteroatoms. The second-order valence-electron chi connectivity index (χ2n) is 5.36. The molecule has 1 aromatic carbocycles. The number of halogens is 1. The van der Waals surface area contributed by atoms with Crippen molar-refractivity contribution in [3.8, 4) is 5.75 Å². The van der Waals surface area contributed by atoms with Crippen molar-refractivity contribution in [2.24, 2.45) is 0 Å². The quantitative estimate of drug-likeness (QED) is 0.842. The summed E-state index contributed by atoms with van der Waals surface area (Å²) in [5.74, 6) is 1.02. The molecule has 3 rings (SSSR count). The van der Waals surface area contributed by atoms with Crippen molar-refractivity contribution < 1.29 is 4.74 Å². The summed E-state index contributed by atoms with van der Waals surface area (Å²) in [6.07, 6.45) is 3.70. The van der Waals surface area contributed by atoms with Gasteiger partial charge in [0.1, 0.15) is 5.75 Å². The van der Waals surface area contributed by atoms with Crippen LogP contribution in [-0.2, 0) is 6.42 Å². The summed E-state index contributed by atoms with van der Waals surface area (Å²) in [5, 5.41) is 4.06. The van der Waals surface area contributed by atoms with E-state index in [1.54, 1.807) is 6.20 Å². The molecule has 0 radical (unpaired) electrons. The predicted molar refractivity (Wildman–Crippen MR) is 86.3 cm³/mol. The number of hydrogen-bond acceptors (Lipinski definition) is 3. The van der Waals surface area contributed by atoms with Gasteiger partial charge in [-0.1, -0.05) is 24.6 Å². The van der Waals surface area contributed by atoms with Crippen molar-refractivity contribution >= 4 is 17.3 Å². The SMILES string of the molecule is CCC(Nc1c(C)ccnc1Cl)c1ccc2c(c1)CCO2. The third-order valence-electron chi connectivity index (χ3n) is 3.96. The molecule has 0 saturated heterocycles. The van der Waals surface area contributed by atoms with E-state index in [2.05, 4.69) is 35.4 Å². The molecule has 0 aliphatic carbocycles. The molecule has 0 spiro atoms. The van der Waals surface area contributed by atoms with E-state index in [0.29, 0.717) is 5.15 Å². The minimum absolute atomic E-state index is 0.219. The molecule has 2 heterocycles. The lowest BCUT2D eigenvalue weighted by Crippen LogP contribution is -2.11. The summed E-state index contributed by atoms with van der Waals surface area (Å²) >= 11 is 6.22. The largest absolute Gasteiger partial charge is 0.493 e. The standard InChI is InChI=1S/C17H19ClN2O/c1-3-14(20-16-11(2)6-8-19-17(16)18)12-4-5-15-13(10-12)7-9-21-15/h4-6,8,10,14,20H,3,7,9H2,1-2H3. The van der Waals surface area contributed by atoms with Gasteiger partial charge in [-0.15, -0.1) is 0 Å². The number of pyridine rings is 1. The number of aromatic nitrogens is 1. The average molecular weight is 303 g/mol. The lowest BCUT2D eigenvalue weighted by Gasteiger charge is -2.21. The third-order valence-corrected chi connectivity index (χ3v) is 4.24. The van der Waals surface area contributed by atoms with Gasteiger partial charge >= 0.3 is 0 Å². The molecular formula is C17H19ClN2O. The van der Waals surface area contributed by atoms with Gasteiger partial charge in [-0.3, -0.25) is 0 Å². The Hall–Kier alpha value is -1.74. The number of hydrogen-bond donors (Lipinski definition) is 1. The first-order valence-electron chi connectivity index (χ1n) is 7.32. The first-order valence-corrected chi connectivity index (χ1v) is 7.70. The lowest BCUT2D eigenvalue weighted by molar-refractivity contribution is 0.357. The van der Waals surface area contributed by atoms with Gasteiger partial charge in [-0.25, -0.2) is 4.98 Å². The average Bonchev–Trinajstić information content (AvgIpc) is 2.94. The molecule has 2 aromatic rings. The summed E-state index contributed by atoms with van der Waals surface area (Å²) in [6.45, 7) is 5.00. The Morgan fingerprint density at radius 2 is 2.24 bits per heavy atom. The fourth-order valence-corrected chi connectivity index (χ4v) is 2.98. The molecule has 1 aromatic heterocycles. The molecule has 0 amide bonds. The highest BCUT2D eigenvalue weighted by atomic mass is 35.5. The minimum Gasteiger partial charge on any atom is -0.493 e. The number of ether oxygens (including phenoxy) is 1. The highest BCUT2D eigenvalue weighted by molar-refractivity contribution is 6.32. The summed E-state index contributed by atoms with van der Waals surface area (Å²) in [5.41, 5.74) is 4.59. The molecule has 1 atom stereocenters. The fraction of sp³-hybridized carbons (Fsp3) is 0.353. The second kappa shape index (κ2) is 5.94. The van der Waals surface area contributed by atoms with E-state index >= 15 is 0 Å². The van der Waals surface area contributed by atoms with Gasteiger partial charge in [0.05, 0.1) is 18.3 Å². The maximum absolute atomic E-state index is 6.22. The molecule has 1 N–H and O–H groups in total. The third kappa shape index (κ3) is 2.84. The molecular weight excluding hydrogens is 284 g/mol. The van der Waals surface area contributed by atoms with E-state index in [1.165, 1.54) is 11.1 Å². The van der Waals surface area contributed by atoms with Crippen molar-refractivity contribution in [2.45, 2.75) is 32.7 Å². The number of rotatable bonds is 4. The first-order chi connectivity index (χ1) is 10.2. The fourth-order valence-electron chi connectivity index (χ4n) is 2.72. The molecule has 110 valence electrons. The molecule has 1 aliphatic heterocycles. The molecule has 3 nitrogen and oxygen atoms in total. The van der Waals surface area contributed by atoms with Crippen LogP contribution in [-0.4, -0.2) is 11.6 Å².